The van der Waals surface area contributed by atoms with Gasteiger partial charge in [-0.15, -0.1) is 0 Å². The van der Waals surface area contributed by atoms with Crippen molar-refractivity contribution < 1.29 is 9.53 Å². The van der Waals surface area contributed by atoms with Crippen LogP contribution in [0.4, 0.5) is 0 Å². The van der Waals surface area contributed by atoms with E-state index in [0.29, 0.717) is 25.0 Å². The molecule has 1 atom stereocenters. The average Bonchev–Trinajstić information content (AvgIpc) is 2.35. The molecule has 12 heavy (non-hydrogen) atoms. The van der Waals surface area contributed by atoms with E-state index in [4.69, 9.17) is 4.74 Å². The molecule has 3 heteroatoms. The number of hydrogen-bond donors (Lipinski definition) is 0. The summed E-state index contributed by atoms with van der Waals surface area (Å²) >= 11 is 0. The minimum absolute atomic E-state index is 0.0443. The number of carbonyl (C=O) groups is 1. The second-order valence-electron chi connectivity index (χ2n) is 3.79. The molecule has 1 aliphatic heterocycles. The van der Waals surface area contributed by atoms with Crippen LogP contribution in [0.1, 0.15) is 20.3 Å². The average molecular weight is 171 g/mol. The second-order valence-corrected chi connectivity index (χ2v) is 3.79. The maximum atomic E-state index is 10.8. The molecule has 3 nitrogen and oxygen atoms in total. The zero-order chi connectivity index (χ0) is 9.14. The van der Waals surface area contributed by atoms with Crippen LogP contribution in [0.25, 0.3) is 0 Å². The van der Waals surface area contributed by atoms with Gasteiger partial charge in [-0.3, -0.25) is 4.79 Å². The first-order valence-electron chi connectivity index (χ1n) is 4.45. The highest BCUT2D eigenvalue weighted by Crippen LogP contribution is 2.15. The van der Waals surface area contributed by atoms with Crippen LogP contribution in [0.15, 0.2) is 0 Å². The standard InChI is InChI=1S/C9H17NO2/c1-7(2)10(3)5-8-4-9(11)12-6-8/h7-8H,4-6H2,1-3H3. The highest BCUT2D eigenvalue weighted by molar-refractivity contribution is 5.71. The van der Waals surface area contributed by atoms with Crippen LogP contribution in [0.3, 0.4) is 0 Å². The fourth-order valence-electron chi connectivity index (χ4n) is 1.30. The molecule has 1 saturated heterocycles. The Morgan fingerprint density at radius 2 is 2.33 bits per heavy atom. The van der Waals surface area contributed by atoms with Crippen molar-refractivity contribution >= 4 is 5.97 Å². The molecule has 1 rings (SSSR count). The summed E-state index contributed by atoms with van der Waals surface area (Å²) < 4.78 is 4.88. The van der Waals surface area contributed by atoms with Crippen molar-refractivity contribution in [1.82, 2.24) is 4.90 Å². The van der Waals surface area contributed by atoms with Gasteiger partial charge in [0.1, 0.15) is 0 Å². The van der Waals surface area contributed by atoms with Gasteiger partial charge in [0.25, 0.3) is 0 Å². The molecule has 1 aliphatic rings. The Balaban J connectivity index is 2.27. The van der Waals surface area contributed by atoms with E-state index in [1.807, 2.05) is 0 Å². The third kappa shape index (κ3) is 2.48. The third-order valence-electron chi connectivity index (χ3n) is 2.36. The molecule has 0 spiro atoms. The van der Waals surface area contributed by atoms with E-state index >= 15 is 0 Å². The van der Waals surface area contributed by atoms with Crippen molar-refractivity contribution in [2.75, 3.05) is 20.2 Å². The second kappa shape index (κ2) is 3.90. The molecule has 0 saturated carbocycles. The van der Waals surface area contributed by atoms with Crippen molar-refractivity contribution in [3.63, 3.8) is 0 Å². The van der Waals surface area contributed by atoms with Gasteiger partial charge in [-0.1, -0.05) is 0 Å². The first kappa shape index (κ1) is 9.52. The van der Waals surface area contributed by atoms with Gasteiger partial charge < -0.3 is 9.64 Å². The topological polar surface area (TPSA) is 29.5 Å². The van der Waals surface area contributed by atoms with Gasteiger partial charge in [0.2, 0.25) is 0 Å². The fourth-order valence-corrected chi connectivity index (χ4v) is 1.30. The van der Waals surface area contributed by atoms with Gasteiger partial charge in [-0.2, -0.15) is 0 Å². The highest BCUT2D eigenvalue weighted by Gasteiger charge is 2.25. The molecule has 0 aromatic rings. The molecule has 0 aromatic heterocycles. The van der Waals surface area contributed by atoms with Gasteiger partial charge >= 0.3 is 5.97 Å². The van der Waals surface area contributed by atoms with Gasteiger partial charge in [-0.25, -0.2) is 0 Å². The van der Waals surface area contributed by atoms with Gasteiger partial charge in [-0.05, 0) is 20.9 Å². The van der Waals surface area contributed by atoms with Crippen LogP contribution in [-0.2, 0) is 9.53 Å². The molecule has 0 aliphatic carbocycles. The lowest BCUT2D eigenvalue weighted by molar-refractivity contribution is -0.137. The van der Waals surface area contributed by atoms with Gasteiger partial charge in [0, 0.05) is 18.5 Å². The molecular formula is C9H17NO2. The summed E-state index contributed by atoms with van der Waals surface area (Å²) in [6, 6.07) is 0.542. The number of carbonyl (C=O) groups excluding carboxylic acids is 1. The number of esters is 1. The Labute approximate surface area is 73.7 Å². The lowest BCUT2D eigenvalue weighted by Gasteiger charge is -2.23. The Bertz CT molecular complexity index is 168. The van der Waals surface area contributed by atoms with Crippen LogP contribution in [0.5, 0.6) is 0 Å². The van der Waals surface area contributed by atoms with Gasteiger partial charge in [0.05, 0.1) is 13.0 Å². The quantitative estimate of drug-likeness (QED) is 0.591. The summed E-state index contributed by atoms with van der Waals surface area (Å²) in [5.41, 5.74) is 0. The van der Waals surface area contributed by atoms with Crippen LogP contribution in [-0.4, -0.2) is 37.1 Å². The molecule has 0 aromatic carbocycles. The van der Waals surface area contributed by atoms with Crippen molar-refractivity contribution in [3.8, 4) is 0 Å². The number of cyclic esters (lactones) is 1. The Hall–Kier alpha value is -0.570. The number of ether oxygens (including phenoxy) is 1. The summed E-state index contributed by atoms with van der Waals surface area (Å²) in [5, 5.41) is 0. The Morgan fingerprint density at radius 3 is 2.75 bits per heavy atom. The number of rotatable bonds is 3. The van der Waals surface area contributed by atoms with E-state index in [9.17, 15) is 4.79 Å². The highest BCUT2D eigenvalue weighted by atomic mass is 16.5. The van der Waals surface area contributed by atoms with E-state index in [0.717, 1.165) is 6.54 Å². The van der Waals surface area contributed by atoms with Crippen LogP contribution in [0.2, 0.25) is 0 Å². The first-order chi connectivity index (χ1) is 5.59. The lowest BCUT2D eigenvalue weighted by atomic mass is 10.1. The predicted octanol–water partition coefficient (Wildman–Crippen LogP) is 0.890. The molecule has 70 valence electrons. The van der Waals surface area contributed by atoms with E-state index in [1.54, 1.807) is 0 Å². The van der Waals surface area contributed by atoms with Crippen molar-refractivity contribution in [2.24, 2.45) is 5.92 Å². The number of nitrogens with zero attached hydrogens (tertiary/aromatic N) is 1. The maximum Gasteiger partial charge on any atom is 0.306 e. The largest absolute Gasteiger partial charge is 0.465 e. The molecular weight excluding hydrogens is 154 g/mol. The molecule has 0 N–H and O–H groups in total. The fraction of sp³-hybridized carbons (Fsp3) is 0.889. The molecule has 0 amide bonds. The van der Waals surface area contributed by atoms with Crippen molar-refractivity contribution in [2.45, 2.75) is 26.3 Å². The minimum atomic E-state index is -0.0443. The Kier molecular flexibility index (Phi) is 3.09. The normalized spacial score (nSPS) is 23.8. The summed E-state index contributed by atoms with van der Waals surface area (Å²) in [4.78, 5) is 13.0. The maximum absolute atomic E-state index is 10.8. The third-order valence-corrected chi connectivity index (χ3v) is 2.36. The summed E-state index contributed by atoms with van der Waals surface area (Å²) in [5.74, 6) is 0.363. The molecule has 0 radical (unpaired) electrons. The zero-order valence-corrected chi connectivity index (χ0v) is 8.04. The SMILES string of the molecule is CC(C)N(C)CC1COC(=O)C1. The summed E-state index contributed by atoms with van der Waals surface area (Å²) in [7, 11) is 2.08. The van der Waals surface area contributed by atoms with E-state index in [2.05, 4.69) is 25.8 Å². The van der Waals surface area contributed by atoms with Crippen LogP contribution >= 0.6 is 0 Å². The minimum Gasteiger partial charge on any atom is -0.465 e. The molecule has 1 heterocycles. The van der Waals surface area contributed by atoms with Crippen molar-refractivity contribution in [1.29, 1.82) is 0 Å². The van der Waals surface area contributed by atoms with Crippen molar-refractivity contribution in [3.05, 3.63) is 0 Å². The lowest BCUT2D eigenvalue weighted by Crippen LogP contribution is -2.31. The molecule has 1 fully saturated rings. The van der Waals surface area contributed by atoms with Crippen LogP contribution < -0.4 is 0 Å². The smallest absolute Gasteiger partial charge is 0.306 e. The predicted molar refractivity (Wildman–Crippen MR) is 46.8 cm³/mol. The summed E-state index contributed by atoms with van der Waals surface area (Å²) in [6.07, 6.45) is 0.594. The van der Waals surface area contributed by atoms with E-state index in [-0.39, 0.29) is 5.97 Å². The van der Waals surface area contributed by atoms with E-state index < -0.39 is 0 Å². The molecule has 0 bridgehead atoms. The Morgan fingerprint density at radius 1 is 1.67 bits per heavy atom. The van der Waals surface area contributed by atoms with Crippen LogP contribution in [0, 0.1) is 5.92 Å². The monoisotopic (exact) mass is 171 g/mol. The first-order valence-corrected chi connectivity index (χ1v) is 4.45. The number of hydrogen-bond acceptors (Lipinski definition) is 3. The summed E-state index contributed by atoms with van der Waals surface area (Å²) in [6.45, 7) is 5.87. The van der Waals surface area contributed by atoms with E-state index in [1.165, 1.54) is 0 Å². The zero-order valence-electron chi connectivity index (χ0n) is 8.04. The molecule has 1 unspecified atom stereocenters. The van der Waals surface area contributed by atoms with Gasteiger partial charge in [0.15, 0.2) is 0 Å².